The van der Waals surface area contributed by atoms with Crippen LogP contribution in [0.4, 0.5) is 5.69 Å². The highest BCUT2D eigenvalue weighted by atomic mass is 32.3. The number of hydrogen-bond donors (Lipinski definition) is 3. The van der Waals surface area contributed by atoms with Gasteiger partial charge in [-0.3, -0.25) is 13.9 Å². The van der Waals surface area contributed by atoms with Gasteiger partial charge in [0, 0.05) is 18.8 Å². The van der Waals surface area contributed by atoms with E-state index in [1.165, 1.54) is 18.2 Å². The topological polar surface area (TPSA) is 121 Å². The first-order valence-electron chi connectivity index (χ1n) is 11.4. The molecule has 0 aromatic heterocycles. The molecule has 1 amide bonds. The van der Waals surface area contributed by atoms with Crippen molar-refractivity contribution >= 4 is 32.0 Å². The van der Waals surface area contributed by atoms with Crippen molar-refractivity contribution in [1.29, 1.82) is 0 Å². The third-order valence-corrected chi connectivity index (χ3v) is 11.0. The lowest BCUT2D eigenvalue weighted by Crippen LogP contribution is -2.37. The van der Waals surface area contributed by atoms with Crippen LogP contribution >= 0.6 is 10.6 Å². The van der Waals surface area contributed by atoms with E-state index in [-0.39, 0.29) is 15.4 Å². The number of hydrogen-bond acceptors (Lipinski definition) is 6. The predicted molar refractivity (Wildman–Crippen MR) is 140 cm³/mol. The molecule has 2 unspecified atom stereocenters. The van der Waals surface area contributed by atoms with E-state index in [2.05, 4.69) is 11.0 Å². The van der Waals surface area contributed by atoms with Gasteiger partial charge in [0.25, 0.3) is 0 Å². The van der Waals surface area contributed by atoms with E-state index in [1.807, 2.05) is 32.0 Å². The number of likely N-dealkylation sites (N-methyl/N-ethyl adjacent to an activating group) is 1. The maximum atomic E-state index is 13.8. The Morgan fingerprint density at radius 3 is 2.34 bits per heavy atom. The van der Waals surface area contributed by atoms with Crippen LogP contribution < -0.4 is 10.6 Å². The average molecular weight is 515 g/mol. The maximum absolute atomic E-state index is 13.8. The van der Waals surface area contributed by atoms with Crippen LogP contribution in [0, 0.1) is 6.92 Å². The van der Waals surface area contributed by atoms with Crippen molar-refractivity contribution in [2.75, 3.05) is 18.0 Å². The van der Waals surface area contributed by atoms with E-state index < -0.39 is 36.8 Å². The van der Waals surface area contributed by atoms with Crippen LogP contribution in [0.15, 0.2) is 82.6 Å². The number of nitrogens with two attached hydrogens (primary N) is 1. The lowest BCUT2D eigenvalue weighted by molar-refractivity contribution is -0.117. The molecule has 4 N–H and O–H groups in total. The minimum Gasteiger partial charge on any atom is -0.371 e. The molecule has 0 bridgehead atoms. The third-order valence-electron chi connectivity index (χ3n) is 6.48. The Bertz CT molecular complexity index is 1340. The van der Waals surface area contributed by atoms with Gasteiger partial charge in [-0.15, -0.1) is 0 Å². The monoisotopic (exact) mass is 514 g/mol. The van der Waals surface area contributed by atoms with E-state index in [0.29, 0.717) is 18.5 Å². The predicted octanol–water partition coefficient (Wildman–Crippen LogP) is 4.56. The number of sulfone groups is 1. The summed E-state index contributed by atoms with van der Waals surface area (Å²) in [7, 11) is -7.93. The van der Waals surface area contributed by atoms with Gasteiger partial charge < -0.3 is 10.6 Å². The first-order valence-corrected chi connectivity index (χ1v) is 14.5. The second-order valence-corrected chi connectivity index (χ2v) is 12.9. The van der Waals surface area contributed by atoms with Gasteiger partial charge in [0.05, 0.1) is 9.79 Å². The summed E-state index contributed by atoms with van der Waals surface area (Å²) in [5.41, 5.74) is 8.71. The summed E-state index contributed by atoms with van der Waals surface area (Å²) in [5.74, 6) is -1.05. The van der Waals surface area contributed by atoms with Crippen LogP contribution in [0.3, 0.4) is 0 Å². The van der Waals surface area contributed by atoms with Gasteiger partial charge in [0.1, 0.15) is 5.25 Å². The summed E-state index contributed by atoms with van der Waals surface area (Å²) in [5, 5.41) is -3.14. The van der Waals surface area contributed by atoms with E-state index in [1.54, 1.807) is 30.3 Å². The van der Waals surface area contributed by atoms with Crippen LogP contribution in [0.1, 0.15) is 28.9 Å². The Morgan fingerprint density at radius 1 is 1.03 bits per heavy atom. The van der Waals surface area contributed by atoms with E-state index in [0.717, 1.165) is 17.8 Å². The molecule has 9 heteroatoms. The summed E-state index contributed by atoms with van der Waals surface area (Å²) in [6.07, 6.45) is 0.451. The molecule has 2 atom stereocenters. The molecule has 186 valence electrons. The molecule has 0 saturated heterocycles. The molecule has 0 saturated carbocycles. The first-order chi connectivity index (χ1) is 16.6. The zero-order valence-corrected chi connectivity index (χ0v) is 21.3. The highest BCUT2D eigenvalue weighted by Gasteiger charge is 2.55. The number of carbonyl (C=O) groups excluding carboxylic acids is 1. The largest absolute Gasteiger partial charge is 0.371 e. The number of benzene rings is 3. The minimum absolute atomic E-state index is 0.00375. The molecule has 0 spiro atoms. The Labute approximate surface area is 207 Å². The van der Waals surface area contributed by atoms with Gasteiger partial charge in [0.15, 0.2) is 15.1 Å². The summed E-state index contributed by atoms with van der Waals surface area (Å²) < 4.78 is 49.7. The van der Waals surface area contributed by atoms with Crippen LogP contribution in [-0.4, -0.2) is 41.8 Å². The molecule has 4 rings (SSSR count). The molecular formula is C26H30N2O5S2. The molecule has 7 nitrogen and oxygen atoms in total. The number of amides is 1. The fraction of sp³-hybridized carbons (Fsp3) is 0.269. The van der Waals surface area contributed by atoms with Crippen molar-refractivity contribution in [2.24, 2.45) is 5.73 Å². The van der Waals surface area contributed by atoms with E-state index in [4.69, 9.17) is 5.73 Å². The second-order valence-electron chi connectivity index (χ2n) is 8.69. The van der Waals surface area contributed by atoms with Crippen molar-refractivity contribution in [3.63, 3.8) is 0 Å². The summed E-state index contributed by atoms with van der Waals surface area (Å²) in [6, 6.07) is 20.8. The highest BCUT2D eigenvalue weighted by Crippen LogP contribution is 2.66. The van der Waals surface area contributed by atoms with Crippen LogP contribution in [-0.2, 0) is 21.1 Å². The fourth-order valence-corrected chi connectivity index (χ4v) is 9.58. The highest BCUT2D eigenvalue weighted by molar-refractivity contribution is 8.26. The quantitative estimate of drug-likeness (QED) is 0.405. The van der Waals surface area contributed by atoms with Gasteiger partial charge in [-0.05, 0) is 67.3 Å². The SMILES string of the molecule is CCN(CCc1cccc2c1C(S(=O)(=O)c1ccccc1)C(C(N)=O)S2(O)O)c1cccc(C)c1. The van der Waals surface area contributed by atoms with Gasteiger partial charge in [-0.1, -0.05) is 42.5 Å². The summed E-state index contributed by atoms with van der Waals surface area (Å²) in [6.45, 7) is 5.38. The lowest BCUT2D eigenvalue weighted by Gasteiger charge is -2.34. The van der Waals surface area contributed by atoms with Crippen molar-refractivity contribution in [3.05, 3.63) is 89.5 Å². The number of aryl methyl sites for hydroxylation is 1. The van der Waals surface area contributed by atoms with Crippen LogP contribution in [0.5, 0.6) is 0 Å². The van der Waals surface area contributed by atoms with E-state index >= 15 is 0 Å². The Kier molecular flexibility index (Phi) is 6.97. The average Bonchev–Trinajstić information content (AvgIpc) is 3.08. The molecule has 0 aliphatic carbocycles. The second kappa shape index (κ2) is 9.66. The Hall–Kier alpha value is -2.85. The smallest absolute Gasteiger partial charge is 0.241 e. The van der Waals surface area contributed by atoms with Gasteiger partial charge in [0.2, 0.25) is 5.91 Å². The molecular weight excluding hydrogens is 484 g/mol. The molecule has 35 heavy (non-hydrogen) atoms. The number of anilines is 1. The van der Waals surface area contributed by atoms with Crippen LogP contribution in [0.25, 0.3) is 0 Å². The summed E-state index contributed by atoms with van der Waals surface area (Å²) in [4.78, 5) is 14.7. The van der Waals surface area contributed by atoms with Gasteiger partial charge in [-0.25, -0.2) is 8.42 Å². The maximum Gasteiger partial charge on any atom is 0.241 e. The summed E-state index contributed by atoms with van der Waals surface area (Å²) >= 11 is 0. The van der Waals surface area contributed by atoms with Gasteiger partial charge in [-0.2, -0.15) is 10.6 Å². The first kappa shape index (κ1) is 25.2. The fourth-order valence-electron chi connectivity index (χ4n) is 4.79. The zero-order valence-electron chi connectivity index (χ0n) is 19.7. The number of nitrogens with zero attached hydrogens (tertiary/aromatic N) is 1. The molecule has 3 aromatic rings. The normalized spacial score (nSPS) is 19.7. The lowest BCUT2D eigenvalue weighted by atomic mass is 9.99. The minimum atomic E-state index is -4.16. The molecule has 0 radical (unpaired) electrons. The molecule has 0 fully saturated rings. The number of primary amides is 1. The van der Waals surface area contributed by atoms with Crippen molar-refractivity contribution < 1.29 is 22.3 Å². The number of carbonyl (C=O) groups is 1. The molecule has 1 heterocycles. The molecule has 1 aliphatic rings. The standard InChI is InChI=1S/C26H30N2O5S2/c1-3-28(20-11-7-9-18(2)17-20)16-15-19-10-8-14-22-23(19)24(25(26(27)29)35(22,32)33)34(30,31)21-12-5-4-6-13-21/h4-14,17,24-25,32-33H,3,15-16H2,1-2H3,(H2,27,29). The van der Waals surface area contributed by atoms with Gasteiger partial charge >= 0.3 is 0 Å². The Balaban J connectivity index is 1.80. The number of fused-ring (bicyclic) bond motifs is 1. The number of rotatable bonds is 8. The third kappa shape index (κ3) is 4.56. The van der Waals surface area contributed by atoms with Crippen molar-refractivity contribution in [2.45, 2.75) is 40.6 Å². The van der Waals surface area contributed by atoms with Crippen LogP contribution in [0.2, 0.25) is 0 Å². The molecule has 1 aliphatic heterocycles. The zero-order chi connectivity index (χ0) is 25.4. The van der Waals surface area contributed by atoms with Crippen molar-refractivity contribution in [3.8, 4) is 0 Å². The van der Waals surface area contributed by atoms with Crippen molar-refractivity contribution in [1.82, 2.24) is 0 Å². The molecule has 3 aromatic carbocycles. The van der Waals surface area contributed by atoms with E-state index in [9.17, 15) is 22.3 Å². The Morgan fingerprint density at radius 2 is 1.71 bits per heavy atom.